The third kappa shape index (κ3) is 4.40. The van der Waals surface area contributed by atoms with Crippen LogP contribution >= 0.6 is 35.0 Å². The average molecular weight is 317 g/mol. The van der Waals surface area contributed by atoms with Crippen LogP contribution in [0.3, 0.4) is 0 Å². The van der Waals surface area contributed by atoms with Crippen LogP contribution in [0.5, 0.6) is 0 Å². The van der Waals surface area contributed by atoms with Gasteiger partial charge in [-0.05, 0) is 37.0 Å². The van der Waals surface area contributed by atoms with Gasteiger partial charge < -0.3 is 0 Å². The second-order valence-electron chi connectivity index (χ2n) is 5.26. The van der Waals surface area contributed by atoms with Gasteiger partial charge in [-0.15, -0.1) is 0 Å². The molecular weight excluding hydrogens is 299 g/mol. The Morgan fingerprint density at radius 3 is 2.79 bits per heavy atom. The lowest BCUT2D eigenvalue weighted by molar-refractivity contribution is 0.102. The molecule has 0 bridgehead atoms. The van der Waals surface area contributed by atoms with Gasteiger partial charge in [-0.25, -0.2) is 0 Å². The minimum absolute atomic E-state index is 0.141. The Balaban J connectivity index is 1.88. The molecular formula is C15H18Cl2OS. The highest BCUT2D eigenvalue weighted by atomic mass is 35.5. The maximum Gasteiger partial charge on any atom is 0.172 e. The Hall–Kier alpha value is -0.180. The maximum absolute atomic E-state index is 12.1. The van der Waals surface area contributed by atoms with Crippen LogP contribution in [0, 0.1) is 5.92 Å². The van der Waals surface area contributed by atoms with Crippen molar-refractivity contribution in [1.82, 2.24) is 0 Å². The Morgan fingerprint density at radius 2 is 2.11 bits per heavy atom. The fourth-order valence-corrected chi connectivity index (χ4v) is 4.13. The van der Waals surface area contributed by atoms with Gasteiger partial charge >= 0.3 is 0 Å². The molecule has 0 aliphatic heterocycles. The van der Waals surface area contributed by atoms with E-state index in [0.29, 0.717) is 26.6 Å². The van der Waals surface area contributed by atoms with Gasteiger partial charge in [-0.2, -0.15) is 11.8 Å². The number of hydrogen-bond donors (Lipinski definition) is 0. The smallest absolute Gasteiger partial charge is 0.172 e. The number of halogens is 2. The molecule has 0 N–H and O–H groups in total. The predicted octanol–water partition coefficient (Wildman–Crippen LogP) is 5.49. The highest BCUT2D eigenvalue weighted by molar-refractivity contribution is 8.00. The summed E-state index contributed by atoms with van der Waals surface area (Å²) in [4.78, 5) is 12.1. The Morgan fingerprint density at radius 1 is 1.32 bits per heavy atom. The molecule has 1 nitrogen and oxygen atoms in total. The number of ketones is 1. The van der Waals surface area contributed by atoms with Gasteiger partial charge in [0.2, 0.25) is 0 Å². The largest absolute Gasteiger partial charge is 0.293 e. The van der Waals surface area contributed by atoms with Crippen molar-refractivity contribution < 1.29 is 4.79 Å². The molecule has 1 fully saturated rings. The van der Waals surface area contributed by atoms with Gasteiger partial charge in [0.25, 0.3) is 0 Å². The molecule has 4 heteroatoms. The van der Waals surface area contributed by atoms with E-state index in [4.69, 9.17) is 23.2 Å². The topological polar surface area (TPSA) is 17.1 Å². The summed E-state index contributed by atoms with van der Waals surface area (Å²) in [6.07, 6.45) is 5.10. The van der Waals surface area contributed by atoms with Gasteiger partial charge in [0, 0.05) is 10.8 Å². The molecule has 1 aromatic carbocycles. The molecule has 2 rings (SSSR count). The first-order valence-corrected chi connectivity index (χ1v) is 8.46. The van der Waals surface area contributed by atoms with Crippen LogP contribution in [0.1, 0.15) is 43.0 Å². The van der Waals surface area contributed by atoms with E-state index < -0.39 is 0 Å². The number of hydrogen-bond acceptors (Lipinski definition) is 2. The molecule has 0 spiro atoms. The second-order valence-corrected chi connectivity index (χ2v) is 7.36. The maximum atomic E-state index is 12.1. The normalized spacial score (nSPS) is 23.3. The molecule has 19 heavy (non-hydrogen) atoms. The first kappa shape index (κ1) is 15.2. The van der Waals surface area contributed by atoms with Crippen molar-refractivity contribution >= 4 is 40.7 Å². The third-order valence-electron chi connectivity index (χ3n) is 3.58. The molecule has 0 amide bonds. The van der Waals surface area contributed by atoms with E-state index in [-0.39, 0.29) is 5.78 Å². The van der Waals surface area contributed by atoms with Crippen molar-refractivity contribution in [3.63, 3.8) is 0 Å². The van der Waals surface area contributed by atoms with Gasteiger partial charge in [-0.3, -0.25) is 4.79 Å². The molecule has 1 aromatic rings. The van der Waals surface area contributed by atoms with E-state index in [0.717, 1.165) is 5.92 Å². The van der Waals surface area contributed by atoms with Crippen molar-refractivity contribution in [2.24, 2.45) is 5.92 Å². The van der Waals surface area contributed by atoms with E-state index >= 15 is 0 Å². The third-order valence-corrected chi connectivity index (χ3v) is 5.65. The van der Waals surface area contributed by atoms with Gasteiger partial charge in [0.05, 0.1) is 15.8 Å². The fraction of sp³-hybridized carbons (Fsp3) is 0.533. The summed E-state index contributed by atoms with van der Waals surface area (Å²) in [5.41, 5.74) is 0.658. The summed E-state index contributed by atoms with van der Waals surface area (Å²) in [6.45, 7) is 2.30. The van der Waals surface area contributed by atoms with Gasteiger partial charge in [-0.1, -0.05) is 43.0 Å². The molecule has 104 valence electrons. The Bertz CT molecular complexity index is 461. The minimum atomic E-state index is 0.141. The van der Waals surface area contributed by atoms with Crippen LogP contribution in [0.15, 0.2) is 18.2 Å². The fourth-order valence-electron chi connectivity index (χ4n) is 2.48. The number of thioether (sulfide) groups is 1. The van der Waals surface area contributed by atoms with Crippen LogP contribution < -0.4 is 0 Å². The first-order chi connectivity index (χ1) is 9.06. The average Bonchev–Trinajstić information content (AvgIpc) is 2.39. The highest BCUT2D eigenvalue weighted by Crippen LogP contribution is 2.32. The van der Waals surface area contributed by atoms with Crippen molar-refractivity contribution in [3.05, 3.63) is 33.8 Å². The lowest BCUT2D eigenvalue weighted by atomic mass is 9.91. The molecule has 1 saturated carbocycles. The van der Waals surface area contributed by atoms with Crippen molar-refractivity contribution in [2.75, 3.05) is 5.75 Å². The summed E-state index contributed by atoms with van der Waals surface area (Å²) < 4.78 is 0. The molecule has 0 aromatic heterocycles. The van der Waals surface area contributed by atoms with Crippen molar-refractivity contribution in [2.45, 2.75) is 37.9 Å². The summed E-state index contributed by atoms with van der Waals surface area (Å²) in [6, 6.07) is 5.10. The number of rotatable bonds is 4. The Kier molecular flexibility index (Phi) is 5.61. The summed E-state index contributed by atoms with van der Waals surface area (Å²) in [5.74, 6) is 1.48. The van der Waals surface area contributed by atoms with E-state index in [9.17, 15) is 4.79 Å². The first-order valence-electron chi connectivity index (χ1n) is 6.66. The molecule has 0 heterocycles. The number of benzene rings is 1. The summed E-state index contributed by atoms with van der Waals surface area (Å²) in [7, 11) is 0. The zero-order chi connectivity index (χ0) is 13.8. The highest BCUT2D eigenvalue weighted by Gasteiger charge is 2.20. The monoisotopic (exact) mass is 316 g/mol. The number of carbonyl (C=O) groups is 1. The second kappa shape index (κ2) is 7.01. The molecule has 1 aliphatic rings. The number of Topliss-reactive ketones (excluding diaryl/α,β-unsaturated/α-hetero) is 1. The van der Waals surface area contributed by atoms with E-state index in [1.807, 2.05) is 0 Å². The van der Waals surface area contributed by atoms with E-state index in [1.54, 1.807) is 30.0 Å². The molecule has 2 unspecified atom stereocenters. The minimum Gasteiger partial charge on any atom is -0.293 e. The van der Waals surface area contributed by atoms with Gasteiger partial charge in [0.1, 0.15) is 0 Å². The van der Waals surface area contributed by atoms with Crippen LogP contribution in [-0.4, -0.2) is 16.8 Å². The van der Waals surface area contributed by atoms with Crippen molar-refractivity contribution in [1.29, 1.82) is 0 Å². The standard InChI is InChI=1S/C15H18Cl2OS/c1-10-3-2-4-12(7-10)19-9-15(18)11-5-6-13(16)14(17)8-11/h5-6,8,10,12H,2-4,7,9H2,1H3. The lowest BCUT2D eigenvalue weighted by Crippen LogP contribution is -2.17. The summed E-state index contributed by atoms with van der Waals surface area (Å²) >= 11 is 13.6. The molecule has 0 saturated heterocycles. The van der Waals surface area contributed by atoms with E-state index in [1.165, 1.54) is 25.7 Å². The van der Waals surface area contributed by atoms with E-state index in [2.05, 4.69) is 6.92 Å². The Labute approximate surface area is 129 Å². The molecule has 2 atom stereocenters. The summed E-state index contributed by atoms with van der Waals surface area (Å²) in [5, 5.41) is 1.58. The molecule has 1 aliphatic carbocycles. The van der Waals surface area contributed by atoms with Crippen LogP contribution in [0.2, 0.25) is 10.0 Å². The zero-order valence-electron chi connectivity index (χ0n) is 11.0. The van der Waals surface area contributed by atoms with Crippen LogP contribution in [0.4, 0.5) is 0 Å². The lowest BCUT2D eigenvalue weighted by Gasteiger charge is -2.25. The zero-order valence-corrected chi connectivity index (χ0v) is 13.3. The van der Waals surface area contributed by atoms with Crippen LogP contribution in [0.25, 0.3) is 0 Å². The number of carbonyl (C=O) groups excluding carboxylic acids is 1. The van der Waals surface area contributed by atoms with Gasteiger partial charge in [0.15, 0.2) is 5.78 Å². The quantitative estimate of drug-likeness (QED) is 0.683. The van der Waals surface area contributed by atoms with Crippen LogP contribution in [-0.2, 0) is 0 Å². The van der Waals surface area contributed by atoms with Crippen molar-refractivity contribution in [3.8, 4) is 0 Å². The molecule has 0 radical (unpaired) electrons. The predicted molar refractivity (Wildman–Crippen MR) is 84.7 cm³/mol. The SMILES string of the molecule is CC1CCCC(SCC(=O)c2ccc(Cl)c(Cl)c2)C1.